The summed E-state index contributed by atoms with van der Waals surface area (Å²) in [7, 11) is 0. The van der Waals surface area contributed by atoms with Gasteiger partial charge in [-0.15, -0.1) is 0 Å². The average molecular weight is 418 g/mol. The molecule has 0 unspecified atom stereocenters. The molecule has 0 spiro atoms. The van der Waals surface area contributed by atoms with Crippen molar-refractivity contribution in [2.45, 2.75) is 47.5 Å². The van der Waals surface area contributed by atoms with Gasteiger partial charge in [0, 0.05) is 22.6 Å². The Hall–Kier alpha value is -3.34. The molecule has 1 heterocycles. The smallest absolute Gasteiger partial charge is 0.277 e. The van der Waals surface area contributed by atoms with E-state index >= 15 is 0 Å². The molecule has 0 saturated carbocycles. The number of carbonyl (C=O) groups excluding carboxylic acids is 1. The molecule has 0 bridgehead atoms. The Bertz CT molecular complexity index is 1080. The number of aromatic nitrogens is 1. The van der Waals surface area contributed by atoms with Gasteiger partial charge >= 0.3 is 0 Å². The van der Waals surface area contributed by atoms with Crippen molar-refractivity contribution in [2.75, 3.05) is 6.61 Å². The first kappa shape index (κ1) is 22.3. The number of benzene rings is 2. The Morgan fingerprint density at radius 1 is 1.00 bits per heavy atom. The van der Waals surface area contributed by atoms with Gasteiger partial charge in [0.25, 0.3) is 5.91 Å². The van der Waals surface area contributed by atoms with Crippen molar-refractivity contribution in [1.29, 1.82) is 0 Å². The van der Waals surface area contributed by atoms with Gasteiger partial charge in [-0.05, 0) is 80.6 Å². The number of hydrazone groups is 1. The number of carbonyl (C=O) groups is 1. The highest BCUT2D eigenvalue weighted by atomic mass is 16.5. The van der Waals surface area contributed by atoms with Crippen molar-refractivity contribution in [3.8, 4) is 11.4 Å². The molecule has 31 heavy (non-hydrogen) atoms. The van der Waals surface area contributed by atoms with Gasteiger partial charge < -0.3 is 9.30 Å². The molecule has 0 radical (unpaired) electrons. The fourth-order valence-corrected chi connectivity index (χ4v) is 3.66. The van der Waals surface area contributed by atoms with E-state index in [4.69, 9.17) is 4.74 Å². The van der Waals surface area contributed by atoms with Gasteiger partial charge in [0.1, 0.15) is 5.75 Å². The first-order valence-corrected chi connectivity index (χ1v) is 10.7. The van der Waals surface area contributed by atoms with Crippen molar-refractivity contribution in [1.82, 2.24) is 9.99 Å². The van der Waals surface area contributed by atoms with E-state index in [0.29, 0.717) is 5.75 Å². The highest BCUT2D eigenvalue weighted by Gasteiger charge is 2.10. The molecule has 0 aliphatic carbocycles. The van der Waals surface area contributed by atoms with Crippen LogP contribution in [0.4, 0.5) is 0 Å². The number of nitrogens with one attached hydrogen (secondary N) is 1. The highest BCUT2D eigenvalue weighted by Crippen LogP contribution is 2.20. The molecule has 0 atom stereocenters. The van der Waals surface area contributed by atoms with Crippen LogP contribution in [0.15, 0.2) is 53.6 Å². The molecule has 0 aliphatic heterocycles. The van der Waals surface area contributed by atoms with Crippen molar-refractivity contribution in [2.24, 2.45) is 5.10 Å². The van der Waals surface area contributed by atoms with E-state index in [1.165, 1.54) is 11.1 Å². The van der Waals surface area contributed by atoms with Crippen LogP contribution in [0.5, 0.6) is 5.75 Å². The van der Waals surface area contributed by atoms with E-state index in [2.05, 4.69) is 79.2 Å². The molecule has 1 aromatic heterocycles. The molecule has 162 valence electrons. The third kappa shape index (κ3) is 5.63. The zero-order valence-electron chi connectivity index (χ0n) is 19.0. The SMILES string of the molecule is CCc1ccc(-n2c(C)cc(/C=N/NC(=O)COc3cc(C)cc(CC)c3)c2C)cc1. The van der Waals surface area contributed by atoms with Gasteiger partial charge in [-0.1, -0.05) is 32.0 Å². The lowest BCUT2D eigenvalue weighted by atomic mass is 10.1. The van der Waals surface area contributed by atoms with Crippen LogP contribution in [-0.2, 0) is 17.6 Å². The summed E-state index contributed by atoms with van der Waals surface area (Å²) in [6.07, 6.45) is 3.63. The van der Waals surface area contributed by atoms with Crippen molar-refractivity contribution in [3.63, 3.8) is 0 Å². The van der Waals surface area contributed by atoms with E-state index < -0.39 is 0 Å². The second-order valence-corrected chi connectivity index (χ2v) is 7.77. The fourth-order valence-electron chi connectivity index (χ4n) is 3.66. The van der Waals surface area contributed by atoms with Crippen LogP contribution in [0.2, 0.25) is 0 Å². The summed E-state index contributed by atoms with van der Waals surface area (Å²) in [6.45, 7) is 10.3. The average Bonchev–Trinajstić information content (AvgIpc) is 3.05. The molecular formula is C26H31N3O2. The van der Waals surface area contributed by atoms with Crippen LogP contribution in [-0.4, -0.2) is 23.3 Å². The van der Waals surface area contributed by atoms with E-state index in [-0.39, 0.29) is 12.5 Å². The Morgan fingerprint density at radius 3 is 2.39 bits per heavy atom. The van der Waals surface area contributed by atoms with Crippen LogP contribution in [0.1, 0.15) is 47.5 Å². The lowest BCUT2D eigenvalue weighted by molar-refractivity contribution is -0.123. The van der Waals surface area contributed by atoms with Crippen LogP contribution < -0.4 is 10.2 Å². The molecule has 1 N–H and O–H groups in total. The molecule has 0 aliphatic rings. The molecule has 1 amide bonds. The summed E-state index contributed by atoms with van der Waals surface area (Å²) in [5.74, 6) is 0.411. The lowest BCUT2D eigenvalue weighted by Crippen LogP contribution is -2.24. The lowest BCUT2D eigenvalue weighted by Gasteiger charge is -2.10. The standard InChI is InChI=1S/C26H31N3O2/c1-6-21-8-10-24(11-9-21)29-19(4)14-23(20(29)5)16-27-28-26(30)17-31-25-13-18(3)12-22(7-2)15-25/h8-16H,6-7,17H2,1-5H3,(H,28,30)/b27-16+. The maximum atomic E-state index is 12.1. The maximum absolute atomic E-state index is 12.1. The van der Waals surface area contributed by atoms with Crippen molar-refractivity contribution in [3.05, 3.63) is 82.2 Å². The van der Waals surface area contributed by atoms with E-state index in [0.717, 1.165) is 41.0 Å². The number of amides is 1. The molecular weight excluding hydrogens is 386 g/mol. The Morgan fingerprint density at radius 2 is 1.71 bits per heavy atom. The minimum atomic E-state index is -0.292. The van der Waals surface area contributed by atoms with Gasteiger partial charge in [0.15, 0.2) is 6.61 Å². The number of aryl methyl sites for hydroxylation is 4. The third-order valence-electron chi connectivity index (χ3n) is 5.35. The number of nitrogens with zero attached hydrogens (tertiary/aromatic N) is 2. The Balaban J connectivity index is 1.62. The van der Waals surface area contributed by atoms with E-state index in [9.17, 15) is 4.79 Å². The van der Waals surface area contributed by atoms with Crippen LogP contribution in [0.25, 0.3) is 5.69 Å². The molecule has 2 aromatic carbocycles. The molecule has 0 fully saturated rings. The number of ether oxygens (including phenoxy) is 1. The molecule has 3 aromatic rings. The first-order chi connectivity index (χ1) is 14.9. The molecule has 0 saturated heterocycles. The summed E-state index contributed by atoms with van der Waals surface area (Å²) < 4.78 is 7.82. The second-order valence-electron chi connectivity index (χ2n) is 7.77. The molecule has 3 rings (SSSR count). The van der Waals surface area contributed by atoms with Crippen LogP contribution in [0.3, 0.4) is 0 Å². The minimum absolute atomic E-state index is 0.0766. The molecule has 5 heteroatoms. The number of hydrogen-bond acceptors (Lipinski definition) is 3. The van der Waals surface area contributed by atoms with Gasteiger partial charge in [0.2, 0.25) is 0 Å². The summed E-state index contributed by atoms with van der Waals surface area (Å²) in [5.41, 5.74) is 10.4. The van der Waals surface area contributed by atoms with Crippen LogP contribution >= 0.6 is 0 Å². The summed E-state index contributed by atoms with van der Waals surface area (Å²) in [5, 5.41) is 4.12. The van der Waals surface area contributed by atoms with E-state index in [1.807, 2.05) is 19.1 Å². The van der Waals surface area contributed by atoms with Gasteiger partial charge in [-0.25, -0.2) is 5.43 Å². The zero-order valence-corrected chi connectivity index (χ0v) is 19.0. The normalized spacial score (nSPS) is 11.1. The topological polar surface area (TPSA) is 55.6 Å². The predicted octanol–water partition coefficient (Wildman–Crippen LogP) is 5.06. The molecule has 5 nitrogen and oxygen atoms in total. The zero-order chi connectivity index (χ0) is 22.4. The summed E-state index contributed by atoms with van der Waals surface area (Å²) in [4.78, 5) is 12.1. The first-order valence-electron chi connectivity index (χ1n) is 10.7. The monoisotopic (exact) mass is 417 g/mol. The maximum Gasteiger partial charge on any atom is 0.277 e. The number of rotatable bonds is 8. The fraction of sp³-hybridized carbons (Fsp3) is 0.308. The van der Waals surface area contributed by atoms with Crippen molar-refractivity contribution < 1.29 is 9.53 Å². The largest absolute Gasteiger partial charge is 0.484 e. The van der Waals surface area contributed by atoms with Gasteiger partial charge in [-0.2, -0.15) is 5.10 Å². The van der Waals surface area contributed by atoms with Gasteiger partial charge in [-0.3, -0.25) is 4.79 Å². The number of hydrogen-bond donors (Lipinski definition) is 1. The van der Waals surface area contributed by atoms with Gasteiger partial charge in [0.05, 0.1) is 6.21 Å². The summed E-state index contributed by atoms with van der Waals surface area (Å²) in [6, 6.07) is 16.6. The second kappa shape index (κ2) is 10.1. The quantitative estimate of drug-likeness (QED) is 0.412. The van der Waals surface area contributed by atoms with E-state index in [1.54, 1.807) is 6.21 Å². The Labute approximate surface area is 184 Å². The van der Waals surface area contributed by atoms with Crippen LogP contribution in [0, 0.1) is 20.8 Å². The van der Waals surface area contributed by atoms with Crippen molar-refractivity contribution >= 4 is 12.1 Å². The highest BCUT2D eigenvalue weighted by molar-refractivity contribution is 5.84. The minimum Gasteiger partial charge on any atom is -0.484 e. The summed E-state index contributed by atoms with van der Waals surface area (Å²) >= 11 is 0. The third-order valence-corrected chi connectivity index (χ3v) is 5.35. The Kier molecular flexibility index (Phi) is 7.29. The predicted molar refractivity (Wildman–Crippen MR) is 126 cm³/mol.